The highest BCUT2D eigenvalue weighted by Crippen LogP contribution is 2.25. The number of fused-ring (bicyclic) bond motifs is 1. The molecule has 26 heavy (non-hydrogen) atoms. The van der Waals surface area contributed by atoms with Crippen molar-refractivity contribution in [2.45, 2.75) is 45.8 Å². The molecule has 0 atom stereocenters. The Morgan fingerprint density at radius 3 is 2.27 bits per heavy atom. The van der Waals surface area contributed by atoms with Crippen LogP contribution in [0.5, 0.6) is 0 Å². The first-order valence-electron chi connectivity index (χ1n) is 9.02. The molecule has 0 aliphatic carbocycles. The molecule has 138 valence electrons. The summed E-state index contributed by atoms with van der Waals surface area (Å²) < 4.78 is 2.27. The second-order valence-electron chi connectivity index (χ2n) is 7.08. The quantitative estimate of drug-likeness (QED) is 0.420. The van der Waals surface area contributed by atoms with Crippen LogP contribution in [0.1, 0.15) is 52.4 Å². The Labute approximate surface area is 158 Å². The van der Waals surface area contributed by atoms with Gasteiger partial charge >= 0.3 is 0 Å². The van der Waals surface area contributed by atoms with Gasteiger partial charge in [0.15, 0.2) is 5.16 Å². The topological polar surface area (TPSA) is 55.2 Å². The summed E-state index contributed by atoms with van der Waals surface area (Å²) in [5, 5.41) is 1.02. The number of amides is 2. The van der Waals surface area contributed by atoms with Gasteiger partial charge in [0.05, 0.1) is 16.8 Å². The monoisotopic (exact) mass is 371 g/mol. The molecule has 0 bridgehead atoms. The van der Waals surface area contributed by atoms with E-state index in [1.807, 2.05) is 6.92 Å². The Bertz CT molecular complexity index is 807. The van der Waals surface area contributed by atoms with Gasteiger partial charge in [0, 0.05) is 24.5 Å². The molecule has 1 aliphatic heterocycles. The van der Waals surface area contributed by atoms with Crippen molar-refractivity contribution in [1.82, 2.24) is 14.5 Å². The minimum absolute atomic E-state index is 0.177. The highest BCUT2D eigenvalue weighted by atomic mass is 32.2. The van der Waals surface area contributed by atoms with Crippen molar-refractivity contribution < 1.29 is 9.59 Å². The average molecular weight is 372 g/mol. The van der Waals surface area contributed by atoms with Crippen LogP contribution in [0.3, 0.4) is 0 Å². The molecule has 2 aromatic rings. The van der Waals surface area contributed by atoms with E-state index in [0.717, 1.165) is 29.6 Å². The van der Waals surface area contributed by atoms with E-state index in [0.29, 0.717) is 23.6 Å². The highest BCUT2D eigenvalue weighted by molar-refractivity contribution is 7.99. The first-order chi connectivity index (χ1) is 12.4. The number of benzene rings is 1. The fraction of sp³-hybridized carbons (Fsp3) is 0.450. The molecule has 1 aliphatic rings. The molecule has 5 nitrogen and oxygen atoms in total. The minimum atomic E-state index is -0.177. The summed E-state index contributed by atoms with van der Waals surface area (Å²) >= 11 is 1.70. The second-order valence-corrected chi connectivity index (χ2v) is 8.14. The maximum absolute atomic E-state index is 12.4. The molecular weight excluding hydrogens is 346 g/mol. The lowest BCUT2D eigenvalue weighted by molar-refractivity contribution is 0.0655. The molecule has 2 heterocycles. The SMILES string of the molecule is Cc1nc(SCCCN2C(=O)c3ccccc3C2=O)n(CC(C)C)c1C. The third kappa shape index (κ3) is 3.56. The summed E-state index contributed by atoms with van der Waals surface area (Å²) in [6.07, 6.45) is 0.753. The van der Waals surface area contributed by atoms with E-state index in [-0.39, 0.29) is 11.8 Å². The van der Waals surface area contributed by atoms with Gasteiger partial charge in [0.25, 0.3) is 11.8 Å². The molecular formula is C20H25N3O2S. The zero-order chi connectivity index (χ0) is 18.8. The van der Waals surface area contributed by atoms with Gasteiger partial charge in [0.1, 0.15) is 0 Å². The number of rotatable bonds is 7. The molecule has 6 heteroatoms. The third-order valence-corrected chi connectivity index (χ3v) is 5.67. The Balaban J connectivity index is 1.58. The normalized spacial score (nSPS) is 13.8. The van der Waals surface area contributed by atoms with Crippen LogP contribution in [-0.2, 0) is 6.54 Å². The van der Waals surface area contributed by atoms with Crippen LogP contribution >= 0.6 is 11.8 Å². The van der Waals surface area contributed by atoms with E-state index >= 15 is 0 Å². The average Bonchev–Trinajstić information content (AvgIpc) is 3.01. The van der Waals surface area contributed by atoms with Gasteiger partial charge in [0.2, 0.25) is 0 Å². The number of nitrogens with zero attached hydrogens (tertiary/aromatic N) is 3. The molecule has 0 saturated carbocycles. The van der Waals surface area contributed by atoms with E-state index in [2.05, 4.69) is 30.3 Å². The maximum Gasteiger partial charge on any atom is 0.261 e. The van der Waals surface area contributed by atoms with E-state index in [1.54, 1.807) is 36.0 Å². The third-order valence-electron chi connectivity index (χ3n) is 4.61. The highest BCUT2D eigenvalue weighted by Gasteiger charge is 2.34. The molecule has 1 aromatic carbocycles. The predicted octanol–water partition coefficient (Wildman–Crippen LogP) is 3.93. The molecule has 0 fully saturated rings. The Kier molecular flexibility index (Phi) is 5.51. The van der Waals surface area contributed by atoms with Crippen LogP contribution in [0.25, 0.3) is 0 Å². The van der Waals surface area contributed by atoms with Crippen LogP contribution in [-0.4, -0.2) is 38.6 Å². The number of carbonyl (C=O) groups is 2. The summed E-state index contributed by atoms with van der Waals surface area (Å²) in [7, 11) is 0. The van der Waals surface area contributed by atoms with Crippen LogP contribution < -0.4 is 0 Å². The first kappa shape index (κ1) is 18.7. The molecule has 0 spiro atoms. The Hall–Kier alpha value is -2.08. The summed E-state index contributed by atoms with van der Waals surface area (Å²) in [4.78, 5) is 30.8. The van der Waals surface area contributed by atoms with Gasteiger partial charge in [-0.1, -0.05) is 37.7 Å². The zero-order valence-electron chi connectivity index (χ0n) is 15.8. The lowest BCUT2D eigenvalue weighted by Crippen LogP contribution is -2.31. The number of thioether (sulfide) groups is 1. The zero-order valence-corrected chi connectivity index (χ0v) is 16.6. The first-order valence-corrected chi connectivity index (χ1v) is 10.0. The standard InChI is InChI=1S/C20H25N3O2S/c1-13(2)12-23-15(4)14(3)21-20(23)26-11-7-10-22-18(24)16-8-5-6-9-17(16)19(22)25/h5-6,8-9,13H,7,10-12H2,1-4H3. The lowest BCUT2D eigenvalue weighted by atomic mass is 10.1. The summed E-state index contributed by atoms with van der Waals surface area (Å²) in [5.74, 6) is 1.02. The van der Waals surface area contributed by atoms with Gasteiger partial charge in [-0.05, 0) is 38.3 Å². The molecule has 2 amide bonds. The molecule has 0 saturated heterocycles. The number of aromatic nitrogens is 2. The van der Waals surface area contributed by atoms with E-state index in [9.17, 15) is 9.59 Å². The van der Waals surface area contributed by atoms with Crippen molar-refractivity contribution in [3.8, 4) is 0 Å². The Morgan fingerprint density at radius 2 is 1.69 bits per heavy atom. The largest absolute Gasteiger partial charge is 0.323 e. The molecule has 0 unspecified atom stereocenters. The fourth-order valence-corrected chi connectivity index (χ4v) is 4.17. The Morgan fingerprint density at radius 1 is 1.08 bits per heavy atom. The number of imide groups is 1. The second kappa shape index (κ2) is 7.66. The van der Waals surface area contributed by atoms with Gasteiger partial charge in [-0.3, -0.25) is 14.5 Å². The summed E-state index contributed by atoms with van der Waals surface area (Å²) in [6.45, 7) is 9.94. The fourth-order valence-electron chi connectivity index (χ4n) is 3.14. The maximum atomic E-state index is 12.4. The van der Waals surface area contributed by atoms with Crippen molar-refractivity contribution in [2.24, 2.45) is 5.92 Å². The number of aryl methyl sites for hydroxylation is 1. The minimum Gasteiger partial charge on any atom is -0.323 e. The van der Waals surface area contributed by atoms with Crippen LogP contribution in [0.2, 0.25) is 0 Å². The van der Waals surface area contributed by atoms with Gasteiger partial charge < -0.3 is 4.57 Å². The van der Waals surface area contributed by atoms with Crippen molar-refractivity contribution in [2.75, 3.05) is 12.3 Å². The summed E-state index contributed by atoms with van der Waals surface area (Å²) in [6, 6.07) is 7.03. The van der Waals surface area contributed by atoms with Crippen molar-refractivity contribution in [1.29, 1.82) is 0 Å². The van der Waals surface area contributed by atoms with E-state index in [1.165, 1.54) is 10.6 Å². The van der Waals surface area contributed by atoms with Crippen molar-refractivity contribution >= 4 is 23.6 Å². The number of imidazole rings is 1. The smallest absolute Gasteiger partial charge is 0.261 e. The number of carbonyl (C=O) groups excluding carboxylic acids is 2. The van der Waals surface area contributed by atoms with Gasteiger partial charge in [-0.2, -0.15) is 0 Å². The predicted molar refractivity (Wildman–Crippen MR) is 104 cm³/mol. The van der Waals surface area contributed by atoms with Crippen molar-refractivity contribution in [3.63, 3.8) is 0 Å². The van der Waals surface area contributed by atoms with Gasteiger partial charge in [-0.25, -0.2) is 4.98 Å². The van der Waals surface area contributed by atoms with Crippen molar-refractivity contribution in [3.05, 3.63) is 46.8 Å². The number of hydrogen-bond donors (Lipinski definition) is 0. The van der Waals surface area contributed by atoms with Gasteiger partial charge in [-0.15, -0.1) is 0 Å². The molecule has 3 rings (SSSR count). The van der Waals surface area contributed by atoms with Crippen LogP contribution in [0.15, 0.2) is 29.4 Å². The van der Waals surface area contributed by atoms with Crippen LogP contribution in [0.4, 0.5) is 0 Å². The molecule has 0 N–H and O–H groups in total. The molecule has 0 radical (unpaired) electrons. The van der Waals surface area contributed by atoms with E-state index in [4.69, 9.17) is 0 Å². The van der Waals surface area contributed by atoms with E-state index < -0.39 is 0 Å². The lowest BCUT2D eigenvalue weighted by Gasteiger charge is -2.14. The molecule has 1 aromatic heterocycles. The summed E-state index contributed by atoms with van der Waals surface area (Å²) in [5.41, 5.74) is 3.31. The number of hydrogen-bond acceptors (Lipinski definition) is 4. The van der Waals surface area contributed by atoms with Crippen LogP contribution in [0, 0.1) is 19.8 Å².